The van der Waals surface area contributed by atoms with Crippen molar-refractivity contribution in [2.24, 2.45) is 0 Å². The van der Waals surface area contributed by atoms with E-state index in [1.165, 1.54) is 7.11 Å². The van der Waals surface area contributed by atoms with Crippen LogP contribution in [0.15, 0.2) is 39.6 Å². The molecule has 0 fully saturated rings. The zero-order valence-corrected chi connectivity index (χ0v) is 13.5. The number of ether oxygens (including phenoxy) is 2. The van der Waals surface area contributed by atoms with E-state index in [4.69, 9.17) is 4.74 Å². The van der Waals surface area contributed by atoms with E-state index >= 15 is 0 Å². The van der Waals surface area contributed by atoms with Crippen LogP contribution in [0.2, 0.25) is 0 Å². The summed E-state index contributed by atoms with van der Waals surface area (Å²) >= 11 is 2.97. The fourth-order valence-electron chi connectivity index (χ4n) is 1.72. The van der Waals surface area contributed by atoms with E-state index in [9.17, 15) is 18.0 Å². The lowest BCUT2D eigenvalue weighted by Gasteiger charge is -2.12. The van der Waals surface area contributed by atoms with Crippen molar-refractivity contribution in [3.63, 3.8) is 0 Å². The molecule has 0 radical (unpaired) electrons. The van der Waals surface area contributed by atoms with E-state index in [1.807, 2.05) is 0 Å². The maximum absolute atomic E-state index is 12.2. The second kappa shape index (κ2) is 7.03. The molecule has 0 unspecified atom stereocenters. The summed E-state index contributed by atoms with van der Waals surface area (Å²) in [6, 6.07) is 7.99. The van der Waals surface area contributed by atoms with E-state index < -0.39 is 18.3 Å². The van der Waals surface area contributed by atoms with Gasteiger partial charge in [-0.3, -0.25) is 4.79 Å². The molecule has 1 aromatic heterocycles. The van der Waals surface area contributed by atoms with Crippen LogP contribution in [0, 0.1) is 0 Å². The van der Waals surface area contributed by atoms with Crippen molar-refractivity contribution in [1.82, 2.24) is 9.78 Å². The molecule has 0 aliphatic heterocycles. The molecule has 9 heteroatoms. The average Bonchev–Trinajstić information content (AvgIpc) is 2.48. The lowest BCUT2D eigenvalue weighted by molar-refractivity contribution is -0.154. The van der Waals surface area contributed by atoms with Gasteiger partial charge in [-0.05, 0) is 33.6 Å². The molecule has 0 spiro atoms. The predicted molar refractivity (Wildman–Crippen MR) is 79.8 cm³/mol. The van der Waals surface area contributed by atoms with Gasteiger partial charge in [-0.25, -0.2) is 4.68 Å². The SMILES string of the molecule is COc1ccc(Cn2nc(OCC(F)(F)F)c(Br)cc2=O)cc1. The average molecular weight is 393 g/mol. The van der Waals surface area contributed by atoms with Gasteiger partial charge in [-0.2, -0.15) is 13.2 Å². The lowest BCUT2D eigenvalue weighted by Crippen LogP contribution is -2.25. The number of aromatic nitrogens is 2. The first-order valence-corrected chi connectivity index (χ1v) is 7.18. The number of hydrogen-bond acceptors (Lipinski definition) is 4. The second-order valence-electron chi connectivity index (χ2n) is 4.55. The van der Waals surface area contributed by atoms with Gasteiger partial charge in [0.15, 0.2) is 6.61 Å². The minimum Gasteiger partial charge on any atom is -0.497 e. The molecular weight excluding hydrogens is 381 g/mol. The smallest absolute Gasteiger partial charge is 0.422 e. The first-order chi connectivity index (χ1) is 10.8. The Labute approximate surface area is 137 Å². The number of halogens is 4. The summed E-state index contributed by atoms with van der Waals surface area (Å²) in [5.41, 5.74) is 0.275. The molecule has 0 aliphatic rings. The topological polar surface area (TPSA) is 53.4 Å². The van der Waals surface area contributed by atoms with Crippen LogP contribution in [-0.2, 0) is 6.54 Å². The maximum Gasteiger partial charge on any atom is 0.422 e. The van der Waals surface area contributed by atoms with E-state index in [-0.39, 0.29) is 16.9 Å². The fraction of sp³-hybridized carbons (Fsp3) is 0.286. The summed E-state index contributed by atoms with van der Waals surface area (Å²) in [5.74, 6) is 0.356. The van der Waals surface area contributed by atoms with Crippen LogP contribution in [0.1, 0.15) is 5.56 Å². The number of rotatable bonds is 5. The third kappa shape index (κ3) is 4.98. The Balaban J connectivity index is 2.22. The molecule has 0 saturated heterocycles. The molecule has 0 amide bonds. The molecule has 2 rings (SSSR count). The number of methoxy groups -OCH3 is 1. The van der Waals surface area contributed by atoms with Gasteiger partial charge >= 0.3 is 6.18 Å². The lowest BCUT2D eigenvalue weighted by atomic mass is 10.2. The molecule has 1 heterocycles. The second-order valence-corrected chi connectivity index (χ2v) is 5.40. The first kappa shape index (κ1) is 17.3. The normalized spacial score (nSPS) is 11.3. The number of nitrogens with zero attached hydrogens (tertiary/aromatic N) is 2. The van der Waals surface area contributed by atoms with Crippen LogP contribution < -0.4 is 15.0 Å². The summed E-state index contributed by atoms with van der Waals surface area (Å²) in [7, 11) is 1.53. The van der Waals surface area contributed by atoms with E-state index in [2.05, 4.69) is 25.8 Å². The highest BCUT2D eigenvalue weighted by Gasteiger charge is 2.29. The van der Waals surface area contributed by atoms with E-state index in [1.54, 1.807) is 24.3 Å². The third-order valence-corrected chi connectivity index (χ3v) is 3.35. The molecule has 2 aromatic rings. The van der Waals surface area contributed by atoms with Crippen LogP contribution in [0.5, 0.6) is 11.6 Å². The zero-order valence-electron chi connectivity index (χ0n) is 11.9. The Kier molecular flexibility index (Phi) is 5.30. The van der Waals surface area contributed by atoms with Crippen LogP contribution in [0.3, 0.4) is 0 Å². The van der Waals surface area contributed by atoms with Crippen molar-refractivity contribution in [3.8, 4) is 11.6 Å². The van der Waals surface area contributed by atoms with Crippen molar-refractivity contribution in [3.05, 3.63) is 50.7 Å². The van der Waals surface area contributed by atoms with Crippen molar-refractivity contribution >= 4 is 15.9 Å². The Morgan fingerprint density at radius 3 is 2.48 bits per heavy atom. The largest absolute Gasteiger partial charge is 0.497 e. The summed E-state index contributed by atoms with van der Waals surface area (Å²) in [6.07, 6.45) is -4.49. The molecular formula is C14H12BrF3N2O3. The molecule has 5 nitrogen and oxygen atoms in total. The molecule has 1 aromatic carbocycles. The van der Waals surface area contributed by atoms with Gasteiger partial charge in [-0.1, -0.05) is 12.1 Å². The predicted octanol–water partition coefficient (Wildman–Crippen LogP) is 3.00. The highest BCUT2D eigenvalue weighted by molar-refractivity contribution is 9.10. The van der Waals surface area contributed by atoms with Gasteiger partial charge < -0.3 is 9.47 Å². The standard InChI is InChI=1S/C14H12BrF3N2O3/c1-22-10-4-2-9(3-5-10)7-20-12(21)6-11(15)13(19-20)23-8-14(16,17)18/h2-6H,7-8H2,1H3. The van der Waals surface area contributed by atoms with E-state index in [0.717, 1.165) is 16.3 Å². The fourth-order valence-corrected chi connectivity index (χ4v) is 2.11. The monoisotopic (exact) mass is 392 g/mol. The van der Waals surface area contributed by atoms with Gasteiger partial charge in [0.2, 0.25) is 5.88 Å². The van der Waals surface area contributed by atoms with Crippen LogP contribution in [0.25, 0.3) is 0 Å². The van der Waals surface area contributed by atoms with Gasteiger partial charge in [0.05, 0.1) is 18.1 Å². The molecule has 0 saturated carbocycles. The number of hydrogen-bond donors (Lipinski definition) is 0. The van der Waals surface area contributed by atoms with Gasteiger partial charge in [0, 0.05) is 6.07 Å². The summed E-state index contributed by atoms with van der Waals surface area (Å²) in [5, 5.41) is 3.82. The zero-order chi connectivity index (χ0) is 17.0. The highest BCUT2D eigenvalue weighted by atomic mass is 79.9. The number of benzene rings is 1. The quantitative estimate of drug-likeness (QED) is 0.784. The third-order valence-electron chi connectivity index (χ3n) is 2.78. The Morgan fingerprint density at radius 2 is 1.91 bits per heavy atom. The Hall–Kier alpha value is -2.03. The Bertz CT molecular complexity index is 730. The van der Waals surface area contributed by atoms with Crippen LogP contribution in [0.4, 0.5) is 13.2 Å². The molecule has 0 bridgehead atoms. The molecule has 0 aliphatic carbocycles. The van der Waals surface area contributed by atoms with Crippen LogP contribution in [-0.4, -0.2) is 29.7 Å². The first-order valence-electron chi connectivity index (χ1n) is 6.38. The number of alkyl halides is 3. The van der Waals surface area contributed by atoms with Crippen molar-refractivity contribution in [2.45, 2.75) is 12.7 Å². The Morgan fingerprint density at radius 1 is 1.26 bits per heavy atom. The van der Waals surface area contributed by atoms with E-state index in [0.29, 0.717) is 5.75 Å². The highest BCUT2D eigenvalue weighted by Crippen LogP contribution is 2.23. The van der Waals surface area contributed by atoms with Gasteiger partial charge in [-0.15, -0.1) is 5.10 Å². The molecule has 0 N–H and O–H groups in total. The summed E-state index contributed by atoms with van der Waals surface area (Å²) < 4.78 is 47.4. The molecule has 0 atom stereocenters. The molecule has 23 heavy (non-hydrogen) atoms. The minimum absolute atomic E-state index is 0.0673. The van der Waals surface area contributed by atoms with Crippen molar-refractivity contribution < 1.29 is 22.6 Å². The maximum atomic E-state index is 12.2. The van der Waals surface area contributed by atoms with Crippen LogP contribution >= 0.6 is 15.9 Å². The summed E-state index contributed by atoms with van der Waals surface area (Å²) in [6.45, 7) is -1.39. The molecule has 124 valence electrons. The van der Waals surface area contributed by atoms with Crippen molar-refractivity contribution in [2.75, 3.05) is 13.7 Å². The van der Waals surface area contributed by atoms with Gasteiger partial charge in [0.1, 0.15) is 5.75 Å². The minimum atomic E-state index is -4.49. The summed E-state index contributed by atoms with van der Waals surface area (Å²) in [4.78, 5) is 11.9. The van der Waals surface area contributed by atoms with Crippen molar-refractivity contribution in [1.29, 1.82) is 0 Å². The van der Waals surface area contributed by atoms with Gasteiger partial charge in [0.25, 0.3) is 5.56 Å².